The van der Waals surface area contributed by atoms with Crippen LogP contribution in [0.1, 0.15) is 108 Å². The van der Waals surface area contributed by atoms with Crippen LogP contribution in [0.5, 0.6) is 23.0 Å². The topological polar surface area (TPSA) is 169 Å². The van der Waals surface area contributed by atoms with Crippen molar-refractivity contribution in [1.29, 1.82) is 5.26 Å². The van der Waals surface area contributed by atoms with Gasteiger partial charge in [0.2, 0.25) is 12.1 Å². The number of methoxy groups -OCH3 is 1. The summed E-state index contributed by atoms with van der Waals surface area (Å²) >= 11 is 0. The summed E-state index contributed by atoms with van der Waals surface area (Å²) in [5.74, 6) is -1.63. The summed E-state index contributed by atoms with van der Waals surface area (Å²) in [6, 6.07) is 24.4. The number of ether oxygens (including phenoxy) is 5. The van der Waals surface area contributed by atoms with Crippen LogP contribution in [0.2, 0.25) is 0 Å². The van der Waals surface area contributed by atoms with Gasteiger partial charge in [-0.2, -0.15) is 5.26 Å². The molecule has 362 valence electrons. The molecule has 1 saturated heterocycles. The number of benzene rings is 4. The van der Waals surface area contributed by atoms with Crippen LogP contribution in [0.4, 0.5) is 4.39 Å². The number of fused-ring (bicyclic) bond motifs is 2. The molecule has 14 heteroatoms. The molecule has 2 N–H and O–H groups in total. The number of hydrogen-bond donors (Lipinski definition) is 2. The third-order valence-electron chi connectivity index (χ3n) is 13.8. The molecule has 1 saturated carbocycles. The molecule has 69 heavy (non-hydrogen) atoms. The molecule has 1 amide bonds. The molecule has 0 radical (unpaired) electrons. The third-order valence-corrected chi connectivity index (χ3v) is 13.8. The van der Waals surface area contributed by atoms with Gasteiger partial charge in [-0.1, -0.05) is 42.3 Å². The van der Waals surface area contributed by atoms with Gasteiger partial charge in [0.15, 0.2) is 6.29 Å². The van der Waals surface area contributed by atoms with Crippen molar-refractivity contribution in [2.75, 3.05) is 33.5 Å². The van der Waals surface area contributed by atoms with Gasteiger partial charge in [-0.15, -0.1) is 6.58 Å². The molecule has 4 aromatic carbocycles. The lowest BCUT2D eigenvalue weighted by Gasteiger charge is -2.60. The smallest absolute Gasteiger partial charge is 0.254 e. The van der Waals surface area contributed by atoms with E-state index in [-0.39, 0.29) is 56.4 Å². The molecule has 7 atom stereocenters. The Morgan fingerprint density at radius 2 is 1.74 bits per heavy atom. The first-order valence-corrected chi connectivity index (χ1v) is 24.0. The minimum Gasteiger partial charge on any atom is -0.496 e. The molecule has 2 aliphatic carbocycles. The van der Waals surface area contributed by atoms with Crippen molar-refractivity contribution < 1.29 is 52.7 Å². The van der Waals surface area contributed by atoms with E-state index in [1.54, 1.807) is 71.6 Å². The number of aliphatic hydroxyl groups excluding tert-OH is 2. The lowest BCUT2D eigenvalue weighted by Crippen LogP contribution is -2.70. The number of rotatable bonds is 21. The minimum atomic E-state index is -1.59. The van der Waals surface area contributed by atoms with Gasteiger partial charge < -0.3 is 43.6 Å². The van der Waals surface area contributed by atoms with Crippen LogP contribution in [-0.4, -0.2) is 84.7 Å². The summed E-state index contributed by atoms with van der Waals surface area (Å²) in [7, 11) is 1.50. The van der Waals surface area contributed by atoms with E-state index in [0.29, 0.717) is 89.5 Å². The summed E-state index contributed by atoms with van der Waals surface area (Å²) < 4.78 is 47.0. The number of allylic oxidation sites excluding steroid dienone is 1. The van der Waals surface area contributed by atoms with Crippen LogP contribution in [0.3, 0.4) is 0 Å². The highest BCUT2D eigenvalue weighted by molar-refractivity contribution is 6.03. The van der Waals surface area contributed by atoms with E-state index in [4.69, 9.17) is 33.7 Å². The van der Waals surface area contributed by atoms with Crippen LogP contribution in [0.25, 0.3) is 0 Å². The van der Waals surface area contributed by atoms with Crippen LogP contribution >= 0.6 is 0 Å². The van der Waals surface area contributed by atoms with Crippen LogP contribution in [0, 0.1) is 34.9 Å². The van der Waals surface area contributed by atoms with Gasteiger partial charge in [0.05, 0.1) is 49.1 Å². The van der Waals surface area contributed by atoms with Gasteiger partial charge in [-0.05, 0) is 134 Å². The molecule has 0 aromatic heterocycles. The first-order chi connectivity index (χ1) is 33.7. The quantitative estimate of drug-likeness (QED) is 0.0353. The Hall–Kier alpha value is -6.37. The largest absolute Gasteiger partial charge is 0.496 e. The predicted molar refractivity (Wildman–Crippen MR) is 256 cm³/mol. The molecular formula is C55H60FN3O10. The predicted octanol–water partition coefficient (Wildman–Crippen LogP) is 9.81. The molecule has 4 aromatic rings. The highest BCUT2D eigenvalue weighted by Gasteiger charge is 2.65. The van der Waals surface area contributed by atoms with Crippen molar-refractivity contribution in [2.45, 2.75) is 94.8 Å². The van der Waals surface area contributed by atoms with E-state index in [2.05, 4.69) is 18.7 Å². The standard InChI is InChI=1S/C55H60FN3O10/c1-3-27-66-55-50(59(34-37-15-19-41(56)20-16-37)54(63)38-17-13-36(33-57)14-18-38)32-47(58-69-51-12-6-9-28-65-51)45-30-39(10-4-7-25-60)44(11-5-8-26-61)52(53(45)55)46-31-43(22-24-49(46)68-55)67-42-21-23-48(64-2)40(29-42)35-62/h3,13-24,29-31,35,39,44,50-53,60-61H,1,4-12,25-28,32,34H2,2H3/t39-,44+,50-,51?,52+,53+,55+/m0/s1. The molecule has 2 fully saturated rings. The number of carbonyl (C=O) groups excluding carboxylic acids is 2. The highest BCUT2D eigenvalue weighted by Crippen LogP contribution is 2.62. The lowest BCUT2D eigenvalue weighted by molar-refractivity contribution is -0.255. The lowest BCUT2D eigenvalue weighted by atomic mass is 9.55. The zero-order valence-electron chi connectivity index (χ0n) is 39.0. The van der Waals surface area contributed by atoms with E-state index in [1.807, 2.05) is 12.1 Å². The monoisotopic (exact) mass is 941 g/mol. The summed E-state index contributed by atoms with van der Waals surface area (Å²) in [5.41, 5.74) is 3.98. The normalized spacial score (nSPS) is 24.1. The average Bonchev–Trinajstić information content (AvgIpc) is 3.38. The number of oxime groups is 1. The maximum Gasteiger partial charge on any atom is 0.254 e. The van der Waals surface area contributed by atoms with Gasteiger partial charge in [-0.3, -0.25) is 9.59 Å². The van der Waals surface area contributed by atoms with E-state index < -0.39 is 29.9 Å². The number of unbranched alkanes of at least 4 members (excludes halogenated alkanes) is 2. The molecule has 0 spiro atoms. The van der Waals surface area contributed by atoms with E-state index in [0.717, 1.165) is 43.2 Å². The molecule has 13 nitrogen and oxygen atoms in total. The first-order valence-electron chi connectivity index (χ1n) is 24.0. The van der Waals surface area contributed by atoms with Crippen molar-refractivity contribution in [1.82, 2.24) is 4.90 Å². The molecule has 8 rings (SSSR count). The fraction of sp³-hybridized carbons (Fsp3) is 0.418. The van der Waals surface area contributed by atoms with Gasteiger partial charge in [-0.25, -0.2) is 4.39 Å². The molecule has 0 bridgehead atoms. The highest BCUT2D eigenvalue weighted by atomic mass is 19.1. The second kappa shape index (κ2) is 22.8. The van der Waals surface area contributed by atoms with Crippen LogP contribution in [0.15, 0.2) is 114 Å². The number of carbonyl (C=O) groups is 2. The summed E-state index contributed by atoms with van der Waals surface area (Å²) in [6.45, 7) is 4.74. The summed E-state index contributed by atoms with van der Waals surface area (Å²) in [5, 5.41) is 34.7. The van der Waals surface area contributed by atoms with E-state index in [1.165, 1.54) is 19.2 Å². The molecule has 4 aliphatic rings. The van der Waals surface area contributed by atoms with Crippen molar-refractivity contribution >= 4 is 17.9 Å². The zero-order valence-corrected chi connectivity index (χ0v) is 39.0. The van der Waals surface area contributed by atoms with Gasteiger partial charge in [0.1, 0.15) is 34.9 Å². The summed E-state index contributed by atoms with van der Waals surface area (Å²) in [6.07, 6.45) is 10.8. The Balaban J connectivity index is 1.36. The average molecular weight is 942 g/mol. The maximum atomic E-state index is 15.4. The molecule has 1 unspecified atom stereocenters. The van der Waals surface area contributed by atoms with Crippen LogP contribution in [-0.2, 0) is 20.9 Å². The summed E-state index contributed by atoms with van der Waals surface area (Å²) in [4.78, 5) is 35.4. The molecule has 2 heterocycles. The first kappa shape index (κ1) is 49.1. The Kier molecular flexibility index (Phi) is 16.2. The van der Waals surface area contributed by atoms with Crippen molar-refractivity contribution in [3.8, 4) is 29.1 Å². The Bertz CT molecular complexity index is 2540. The van der Waals surface area contributed by atoms with Crippen LogP contribution < -0.4 is 14.2 Å². The fourth-order valence-electron chi connectivity index (χ4n) is 10.6. The number of aldehydes is 1. The second-order valence-corrected chi connectivity index (χ2v) is 18.0. The Labute approximate surface area is 402 Å². The van der Waals surface area contributed by atoms with Crippen molar-refractivity contribution in [2.24, 2.45) is 22.9 Å². The number of nitriles is 1. The zero-order chi connectivity index (χ0) is 48.3. The van der Waals surface area contributed by atoms with Crippen molar-refractivity contribution in [3.63, 3.8) is 0 Å². The molecule has 2 aliphatic heterocycles. The third kappa shape index (κ3) is 10.8. The number of halogens is 1. The number of aliphatic hydroxyl groups is 2. The molecular weight excluding hydrogens is 882 g/mol. The van der Waals surface area contributed by atoms with Gasteiger partial charge in [0, 0.05) is 49.6 Å². The Morgan fingerprint density at radius 3 is 2.43 bits per heavy atom. The minimum absolute atomic E-state index is 0.0244. The van der Waals surface area contributed by atoms with Gasteiger partial charge in [0.25, 0.3) is 5.91 Å². The fourth-order valence-corrected chi connectivity index (χ4v) is 10.6. The van der Waals surface area contributed by atoms with Crippen molar-refractivity contribution in [3.05, 3.63) is 143 Å². The van der Waals surface area contributed by atoms with E-state index in [9.17, 15) is 24.7 Å². The van der Waals surface area contributed by atoms with Gasteiger partial charge >= 0.3 is 0 Å². The number of hydrogen-bond acceptors (Lipinski definition) is 12. The Morgan fingerprint density at radius 1 is 0.986 bits per heavy atom. The van der Waals surface area contributed by atoms with E-state index >= 15 is 4.79 Å². The number of nitrogens with zero attached hydrogens (tertiary/aromatic N) is 3. The SMILES string of the molecule is C=CCO[C@@]12Oc3ccc(Oc4ccc(OC)c(C=O)c4)cc3[C@H]3[C@H](CCCCO)[C@@H](CCCCO)C=C(C(=NOC4CCCCO4)C[C@@H]1N(Cc1ccc(F)cc1)C(=O)c1ccc(C#N)cc1)[C@H]32. The second-order valence-electron chi connectivity index (χ2n) is 18.0. The maximum absolute atomic E-state index is 15.4. The number of amides is 1.